The van der Waals surface area contributed by atoms with Gasteiger partial charge in [-0.05, 0) is 50.7 Å². The van der Waals surface area contributed by atoms with E-state index in [9.17, 15) is 4.79 Å². The summed E-state index contributed by atoms with van der Waals surface area (Å²) in [7, 11) is 2.15. The average molecular weight is 441 g/mol. The van der Waals surface area contributed by atoms with E-state index in [1.165, 1.54) is 5.56 Å². The molecule has 4 rings (SSSR count). The van der Waals surface area contributed by atoms with Crippen LogP contribution in [0.3, 0.4) is 0 Å². The zero-order valence-corrected chi connectivity index (χ0v) is 19.5. The number of para-hydroxylation sites is 1. The second kappa shape index (κ2) is 10.9. The lowest BCUT2D eigenvalue weighted by molar-refractivity contribution is 0.0952. The van der Waals surface area contributed by atoms with Gasteiger partial charge in [-0.3, -0.25) is 9.78 Å². The zero-order chi connectivity index (χ0) is 23.0. The summed E-state index contributed by atoms with van der Waals surface area (Å²) in [6.07, 6.45) is 5.82. The first kappa shape index (κ1) is 22.7. The van der Waals surface area contributed by atoms with Crippen molar-refractivity contribution in [3.05, 3.63) is 102 Å². The van der Waals surface area contributed by atoms with Crippen LogP contribution in [0, 0.1) is 6.92 Å². The third-order valence-corrected chi connectivity index (χ3v) is 5.98. The smallest absolute Gasteiger partial charge is 0.253 e. The van der Waals surface area contributed by atoms with Crippen molar-refractivity contribution in [2.45, 2.75) is 32.9 Å². The van der Waals surface area contributed by atoms with Crippen molar-refractivity contribution in [1.82, 2.24) is 19.8 Å². The van der Waals surface area contributed by atoms with Crippen molar-refractivity contribution in [2.75, 3.05) is 20.1 Å². The lowest BCUT2D eigenvalue weighted by Gasteiger charge is -2.16. The van der Waals surface area contributed by atoms with Crippen LogP contribution in [-0.4, -0.2) is 40.5 Å². The topological polar surface area (TPSA) is 50.2 Å². The Morgan fingerprint density at radius 2 is 1.88 bits per heavy atom. The summed E-state index contributed by atoms with van der Waals surface area (Å²) in [4.78, 5) is 19.7. The molecular weight excluding hydrogens is 408 g/mol. The van der Waals surface area contributed by atoms with E-state index in [1.54, 1.807) is 0 Å². The van der Waals surface area contributed by atoms with E-state index in [2.05, 4.69) is 58.0 Å². The first-order valence-corrected chi connectivity index (χ1v) is 11.6. The molecule has 0 bridgehead atoms. The predicted octanol–water partition coefficient (Wildman–Crippen LogP) is 4.84. The quantitative estimate of drug-likeness (QED) is 0.384. The van der Waals surface area contributed by atoms with Crippen LogP contribution >= 0.6 is 0 Å². The van der Waals surface area contributed by atoms with Crippen molar-refractivity contribution >= 4 is 16.8 Å². The van der Waals surface area contributed by atoms with E-state index in [4.69, 9.17) is 0 Å². The zero-order valence-electron chi connectivity index (χ0n) is 19.5. The van der Waals surface area contributed by atoms with Gasteiger partial charge in [0.15, 0.2) is 0 Å². The van der Waals surface area contributed by atoms with Gasteiger partial charge in [0.2, 0.25) is 0 Å². The molecule has 5 heteroatoms. The predicted molar refractivity (Wildman–Crippen MR) is 134 cm³/mol. The van der Waals surface area contributed by atoms with Gasteiger partial charge in [0.1, 0.15) is 0 Å². The summed E-state index contributed by atoms with van der Waals surface area (Å²) >= 11 is 0. The fourth-order valence-electron chi connectivity index (χ4n) is 4.19. The number of pyridine rings is 1. The van der Waals surface area contributed by atoms with Crippen LogP contribution in [0.1, 0.15) is 33.6 Å². The maximum absolute atomic E-state index is 13.0. The molecule has 0 saturated carbocycles. The number of carbonyl (C=O) groups is 1. The van der Waals surface area contributed by atoms with Gasteiger partial charge < -0.3 is 14.8 Å². The SMILES string of the molecule is Cc1cccc(CNC(=O)c2cn(CCCN(C)CCc3ccccn3)c3ccccc23)c1. The first-order chi connectivity index (χ1) is 16.1. The molecule has 0 spiro atoms. The summed E-state index contributed by atoms with van der Waals surface area (Å²) < 4.78 is 2.21. The second-order valence-electron chi connectivity index (χ2n) is 8.65. The van der Waals surface area contributed by atoms with Gasteiger partial charge in [-0.2, -0.15) is 0 Å². The van der Waals surface area contributed by atoms with Gasteiger partial charge in [0.25, 0.3) is 5.91 Å². The number of amides is 1. The summed E-state index contributed by atoms with van der Waals surface area (Å²) in [5, 5.41) is 4.09. The molecular formula is C28H32N4O. The molecule has 5 nitrogen and oxygen atoms in total. The van der Waals surface area contributed by atoms with Crippen LogP contribution in [0.4, 0.5) is 0 Å². The highest BCUT2D eigenvalue weighted by Crippen LogP contribution is 2.22. The molecule has 0 radical (unpaired) electrons. The third kappa shape index (κ3) is 6.08. The first-order valence-electron chi connectivity index (χ1n) is 11.6. The number of fused-ring (bicyclic) bond motifs is 1. The van der Waals surface area contributed by atoms with E-state index >= 15 is 0 Å². The number of carbonyl (C=O) groups excluding carboxylic acids is 1. The van der Waals surface area contributed by atoms with E-state index in [0.717, 1.165) is 60.2 Å². The maximum Gasteiger partial charge on any atom is 0.253 e. The van der Waals surface area contributed by atoms with Gasteiger partial charge in [-0.15, -0.1) is 0 Å². The molecule has 1 N–H and O–H groups in total. The normalized spacial score (nSPS) is 11.2. The fourth-order valence-corrected chi connectivity index (χ4v) is 4.19. The highest BCUT2D eigenvalue weighted by atomic mass is 16.1. The van der Waals surface area contributed by atoms with Crippen molar-refractivity contribution in [1.29, 1.82) is 0 Å². The minimum atomic E-state index is -0.0288. The van der Waals surface area contributed by atoms with E-state index in [0.29, 0.717) is 6.54 Å². The van der Waals surface area contributed by atoms with Gasteiger partial charge in [-0.1, -0.05) is 54.1 Å². The van der Waals surface area contributed by atoms with Crippen LogP contribution in [0.15, 0.2) is 79.1 Å². The fraction of sp³-hybridized carbons (Fsp3) is 0.286. The van der Waals surface area contributed by atoms with Crippen molar-refractivity contribution in [3.63, 3.8) is 0 Å². The molecule has 0 aliphatic heterocycles. The molecule has 0 saturated heterocycles. The Hall–Kier alpha value is -3.44. The number of rotatable bonds is 10. The van der Waals surface area contributed by atoms with Gasteiger partial charge >= 0.3 is 0 Å². The van der Waals surface area contributed by atoms with Gasteiger partial charge in [-0.25, -0.2) is 0 Å². The molecule has 4 aromatic rings. The molecule has 0 fully saturated rings. The second-order valence-corrected chi connectivity index (χ2v) is 8.65. The maximum atomic E-state index is 13.0. The Labute approximate surface area is 196 Å². The van der Waals surface area contributed by atoms with Crippen molar-refractivity contribution in [2.24, 2.45) is 0 Å². The van der Waals surface area contributed by atoms with Crippen LogP contribution in [-0.2, 0) is 19.5 Å². The van der Waals surface area contributed by atoms with E-state index in [1.807, 2.05) is 54.9 Å². The van der Waals surface area contributed by atoms with Crippen molar-refractivity contribution in [3.8, 4) is 0 Å². The summed E-state index contributed by atoms with van der Waals surface area (Å²) in [5.41, 5.74) is 5.28. The number of hydrogen-bond donors (Lipinski definition) is 1. The average Bonchev–Trinajstić information content (AvgIpc) is 3.21. The Balaban J connectivity index is 1.35. The lowest BCUT2D eigenvalue weighted by Crippen LogP contribution is -2.23. The largest absolute Gasteiger partial charge is 0.348 e. The van der Waals surface area contributed by atoms with Crippen molar-refractivity contribution < 1.29 is 4.79 Å². The molecule has 0 unspecified atom stereocenters. The van der Waals surface area contributed by atoms with Crippen LogP contribution in [0.5, 0.6) is 0 Å². The molecule has 33 heavy (non-hydrogen) atoms. The number of nitrogens with zero attached hydrogens (tertiary/aromatic N) is 3. The third-order valence-electron chi connectivity index (χ3n) is 5.98. The highest BCUT2D eigenvalue weighted by Gasteiger charge is 2.15. The number of benzene rings is 2. The number of aryl methyl sites for hydroxylation is 2. The highest BCUT2D eigenvalue weighted by molar-refractivity contribution is 6.07. The van der Waals surface area contributed by atoms with E-state index in [-0.39, 0.29) is 5.91 Å². The lowest BCUT2D eigenvalue weighted by atomic mass is 10.1. The van der Waals surface area contributed by atoms with Crippen LogP contribution in [0.2, 0.25) is 0 Å². The Bertz CT molecular complexity index is 1200. The van der Waals surface area contributed by atoms with Gasteiger partial charge in [0, 0.05) is 55.0 Å². The number of nitrogens with one attached hydrogen (secondary N) is 1. The van der Waals surface area contributed by atoms with Crippen LogP contribution < -0.4 is 5.32 Å². The van der Waals surface area contributed by atoms with Gasteiger partial charge in [0.05, 0.1) is 5.56 Å². The van der Waals surface area contributed by atoms with Crippen LogP contribution in [0.25, 0.3) is 10.9 Å². The molecule has 1 amide bonds. The Morgan fingerprint density at radius 3 is 2.70 bits per heavy atom. The molecule has 0 aliphatic rings. The molecule has 170 valence electrons. The molecule has 2 heterocycles. The monoisotopic (exact) mass is 440 g/mol. The molecule has 2 aromatic carbocycles. The summed E-state index contributed by atoms with van der Waals surface area (Å²) in [5.74, 6) is -0.0288. The minimum absolute atomic E-state index is 0.0288. The van der Waals surface area contributed by atoms with E-state index < -0.39 is 0 Å². The Kier molecular flexibility index (Phi) is 7.53. The Morgan fingerprint density at radius 1 is 1.03 bits per heavy atom. The summed E-state index contributed by atoms with van der Waals surface area (Å²) in [6.45, 7) is 5.44. The molecule has 2 aromatic heterocycles. The molecule has 0 aliphatic carbocycles. The number of aromatic nitrogens is 2. The molecule has 0 atom stereocenters. The number of hydrogen-bond acceptors (Lipinski definition) is 3. The summed E-state index contributed by atoms with van der Waals surface area (Å²) in [6, 6.07) is 22.5. The number of likely N-dealkylation sites (N-methyl/N-ethyl adjacent to an activating group) is 1. The standard InChI is InChI=1S/C28H32N4O/c1-22-9-7-10-23(19-22)20-30-28(33)26-21-32(27-13-4-3-12-25(26)27)17-8-16-31(2)18-14-24-11-5-6-15-29-24/h3-7,9-13,15,19,21H,8,14,16-18,20H2,1-2H3,(H,30,33). The minimum Gasteiger partial charge on any atom is -0.348 e.